The Morgan fingerprint density at radius 3 is 1.31 bits per heavy atom. The van der Waals surface area contributed by atoms with Gasteiger partial charge in [0.1, 0.15) is 0 Å². The van der Waals surface area contributed by atoms with Gasteiger partial charge in [-0.05, 0) is 6.61 Å². The fourth-order valence-corrected chi connectivity index (χ4v) is 5.23. The van der Waals surface area contributed by atoms with E-state index in [9.17, 15) is 13.2 Å². The Bertz CT molecular complexity index is 106. The van der Waals surface area contributed by atoms with Crippen LogP contribution in [0.4, 0.5) is 13.2 Å². The maximum Gasteiger partial charge on any atom is 0.374 e. The van der Waals surface area contributed by atoms with E-state index in [2.05, 4.69) is 27.7 Å². The summed E-state index contributed by atoms with van der Waals surface area (Å²) in [6.45, 7) is 7.40. The van der Waals surface area contributed by atoms with E-state index in [0.717, 1.165) is 7.25 Å². The van der Waals surface area contributed by atoms with E-state index in [0.29, 0.717) is 0 Å². The van der Waals surface area contributed by atoms with Gasteiger partial charge in [0.2, 0.25) is 0 Å². The molecule has 0 N–H and O–H groups in total. The molecular formula is C8H16BiF3O. The Morgan fingerprint density at radius 2 is 1.31 bits per heavy atom. The molecular weight excluding hydrogens is 378 g/mol. The van der Waals surface area contributed by atoms with Crippen LogP contribution in [-0.4, -0.2) is 36.0 Å². The van der Waals surface area contributed by atoms with Crippen LogP contribution in [0.5, 0.6) is 0 Å². The third-order valence-corrected chi connectivity index (χ3v) is 5.40. The van der Waals surface area contributed by atoms with Crippen LogP contribution >= 0.6 is 0 Å². The molecule has 0 fully saturated rings. The molecule has 0 aromatic heterocycles. The Hall–Kier alpha value is 0.633. The van der Waals surface area contributed by atoms with Crippen LogP contribution < -0.4 is 5.11 Å². The van der Waals surface area contributed by atoms with Crippen LogP contribution in [0.15, 0.2) is 0 Å². The third-order valence-electron chi connectivity index (χ3n) is 0.760. The molecule has 0 bridgehead atoms. The van der Waals surface area contributed by atoms with Crippen molar-refractivity contribution < 1.29 is 18.3 Å². The SMILES string of the molecule is C[CH](C)[Bi+][CH](C)C.[O-]CC(F)(F)F. The van der Waals surface area contributed by atoms with Crippen molar-refractivity contribution in [2.75, 3.05) is 6.61 Å². The predicted molar refractivity (Wildman–Crippen MR) is 46.9 cm³/mol. The molecule has 0 spiro atoms. The number of halogens is 3. The van der Waals surface area contributed by atoms with Crippen molar-refractivity contribution in [3.8, 4) is 0 Å². The molecule has 1 nitrogen and oxygen atoms in total. The van der Waals surface area contributed by atoms with Gasteiger partial charge in [0.15, 0.2) is 0 Å². The van der Waals surface area contributed by atoms with Gasteiger partial charge in [-0.3, -0.25) is 0 Å². The van der Waals surface area contributed by atoms with Crippen LogP contribution in [0.25, 0.3) is 0 Å². The maximum absolute atomic E-state index is 10.5. The standard InChI is InChI=1S/2C3H7.C2H2F3O.Bi/c2*1-3-2;3-2(4,5)1-6;/h2*3H,1-2H3;1H2;/q;;-1;+1. The summed E-state index contributed by atoms with van der Waals surface area (Å²) >= 11 is -0.0432. The van der Waals surface area contributed by atoms with Crippen molar-refractivity contribution in [3.05, 3.63) is 0 Å². The first-order chi connectivity index (χ1) is 5.69. The number of hydrogen-bond donors (Lipinski definition) is 0. The van der Waals surface area contributed by atoms with E-state index in [4.69, 9.17) is 5.11 Å². The Morgan fingerprint density at radius 1 is 1.08 bits per heavy atom. The molecule has 0 atom stereocenters. The zero-order valence-corrected chi connectivity index (χ0v) is 11.8. The summed E-state index contributed by atoms with van der Waals surface area (Å²) < 4.78 is 33.5. The first-order valence-corrected chi connectivity index (χ1v) is 8.05. The van der Waals surface area contributed by atoms with Gasteiger partial charge in [-0.15, -0.1) is 0 Å². The van der Waals surface area contributed by atoms with Crippen molar-refractivity contribution in [1.29, 1.82) is 0 Å². The normalized spacial score (nSPS) is 11.5. The van der Waals surface area contributed by atoms with Gasteiger partial charge in [-0.2, -0.15) is 13.2 Å². The topological polar surface area (TPSA) is 23.1 Å². The predicted octanol–water partition coefficient (Wildman–Crippen LogP) is 2.26. The summed E-state index contributed by atoms with van der Waals surface area (Å²) in [7, 11) is 0. The van der Waals surface area contributed by atoms with Gasteiger partial charge in [0, 0.05) is 0 Å². The molecule has 0 amide bonds. The summed E-state index contributed by atoms with van der Waals surface area (Å²) in [5, 5.41) is 8.83. The van der Waals surface area contributed by atoms with Crippen molar-refractivity contribution in [1.82, 2.24) is 0 Å². The molecule has 80 valence electrons. The molecule has 0 aromatic carbocycles. The molecule has 0 saturated carbocycles. The zero-order chi connectivity index (χ0) is 11.1. The van der Waals surface area contributed by atoms with Crippen molar-refractivity contribution >= 4 is 23.2 Å². The molecule has 0 aliphatic heterocycles. The monoisotopic (exact) mass is 394 g/mol. The molecule has 2 radical (unpaired) electrons. The van der Waals surface area contributed by atoms with Crippen LogP contribution in [0.3, 0.4) is 0 Å². The second-order valence-electron chi connectivity index (χ2n) is 3.10. The van der Waals surface area contributed by atoms with Crippen LogP contribution in [-0.2, 0) is 0 Å². The summed E-state index contributed by atoms with van der Waals surface area (Å²) in [4.78, 5) is 0. The van der Waals surface area contributed by atoms with Gasteiger partial charge in [0.25, 0.3) is 0 Å². The van der Waals surface area contributed by atoms with Crippen molar-refractivity contribution in [3.63, 3.8) is 0 Å². The molecule has 13 heavy (non-hydrogen) atoms. The van der Waals surface area contributed by atoms with Crippen LogP contribution in [0, 0.1) is 0 Å². The third kappa shape index (κ3) is 24.5. The summed E-state index contributed by atoms with van der Waals surface area (Å²) in [6, 6.07) is 0. The van der Waals surface area contributed by atoms with Gasteiger partial charge < -0.3 is 5.11 Å². The van der Waals surface area contributed by atoms with E-state index in [1.54, 1.807) is 0 Å². The van der Waals surface area contributed by atoms with Gasteiger partial charge in [-0.1, -0.05) is 0 Å². The van der Waals surface area contributed by atoms with Crippen molar-refractivity contribution in [2.24, 2.45) is 0 Å². The molecule has 0 unspecified atom stereocenters. The second kappa shape index (κ2) is 7.98. The molecule has 5 heteroatoms. The molecule has 0 aliphatic rings. The molecule has 0 rings (SSSR count). The zero-order valence-electron chi connectivity index (χ0n) is 8.35. The quantitative estimate of drug-likeness (QED) is 0.660. The average molecular weight is 394 g/mol. The molecule has 0 aliphatic carbocycles. The minimum atomic E-state index is -4.51. The fourth-order valence-electron chi connectivity index (χ4n) is 0.596. The van der Waals surface area contributed by atoms with Gasteiger partial charge in [0.05, 0.1) is 0 Å². The van der Waals surface area contributed by atoms with E-state index in [1.807, 2.05) is 0 Å². The van der Waals surface area contributed by atoms with Crippen LogP contribution in [0.1, 0.15) is 27.7 Å². The number of rotatable bonds is 2. The minimum Gasteiger partial charge on any atom is -0.848 e. The first kappa shape index (κ1) is 16.1. The Labute approximate surface area is 89.3 Å². The van der Waals surface area contributed by atoms with E-state index < -0.39 is 12.8 Å². The maximum atomic E-state index is 10.5. The van der Waals surface area contributed by atoms with E-state index in [1.165, 1.54) is 0 Å². The smallest absolute Gasteiger partial charge is 0.374 e. The molecule has 0 saturated heterocycles. The number of hydrogen-bond acceptors (Lipinski definition) is 1. The molecule has 0 heterocycles. The first-order valence-electron chi connectivity index (χ1n) is 4.03. The van der Waals surface area contributed by atoms with E-state index in [-0.39, 0.29) is 23.2 Å². The largest absolute Gasteiger partial charge is 0.848 e. The Kier molecular flexibility index (Phi) is 9.87. The summed E-state index contributed by atoms with van der Waals surface area (Å²) in [5.74, 6) is 0. The Balaban J connectivity index is 0. The number of alkyl halides is 3. The summed E-state index contributed by atoms with van der Waals surface area (Å²) in [5.41, 5.74) is 0. The second-order valence-corrected chi connectivity index (χ2v) is 12.3. The summed E-state index contributed by atoms with van der Waals surface area (Å²) in [6.07, 6.45) is -4.51. The van der Waals surface area contributed by atoms with E-state index >= 15 is 0 Å². The molecule has 0 aromatic rings. The average Bonchev–Trinajstić information content (AvgIpc) is 1.84. The van der Waals surface area contributed by atoms with Crippen molar-refractivity contribution in [2.45, 2.75) is 41.1 Å². The van der Waals surface area contributed by atoms with Gasteiger partial charge in [-0.25, -0.2) is 0 Å². The minimum absolute atomic E-state index is 0.0432. The van der Waals surface area contributed by atoms with Crippen LogP contribution in [0.2, 0.25) is 7.25 Å². The fraction of sp³-hybridized carbons (Fsp3) is 1.00. The van der Waals surface area contributed by atoms with Gasteiger partial charge >= 0.3 is 64.4 Å².